The number of sulfonamides is 1. The second kappa shape index (κ2) is 5.24. The van der Waals surface area contributed by atoms with E-state index in [1.54, 1.807) is 20.0 Å². The third-order valence-corrected chi connectivity index (χ3v) is 5.39. The van der Waals surface area contributed by atoms with E-state index in [9.17, 15) is 13.2 Å². The van der Waals surface area contributed by atoms with E-state index in [1.807, 2.05) is 6.92 Å². The molecule has 0 bridgehead atoms. The number of nitrogens with zero attached hydrogens (tertiary/aromatic N) is 1. The van der Waals surface area contributed by atoms with E-state index in [0.29, 0.717) is 5.01 Å². The van der Waals surface area contributed by atoms with Crippen molar-refractivity contribution in [1.29, 1.82) is 0 Å². The summed E-state index contributed by atoms with van der Waals surface area (Å²) >= 11 is 1.38. The van der Waals surface area contributed by atoms with Crippen molar-refractivity contribution in [3.05, 3.63) is 34.0 Å². The minimum atomic E-state index is -3.98. The number of carboxylic acid groups (broad SMARTS) is 1. The van der Waals surface area contributed by atoms with Crippen molar-refractivity contribution in [1.82, 2.24) is 9.71 Å². The molecule has 0 aromatic carbocycles. The van der Waals surface area contributed by atoms with Gasteiger partial charge in [-0.1, -0.05) is 0 Å². The molecule has 0 unspecified atom stereocenters. The van der Waals surface area contributed by atoms with Crippen LogP contribution in [-0.4, -0.2) is 24.5 Å². The first-order chi connectivity index (χ1) is 9.62. The van der Waals surface area contributed by atoms with Gasteiger partial charge < -0.3 is 9.52 Å². The van der Waals surface area contributed by atoms with Gasteiger partial charge >= 0.3 is 5.97 Å². The molecule has 0 saturated heterocycles. The number of nitrogens with one attached hydrogen (secondary N) is 1. The molecule has 2 rings (SSSR count). The van der Waals surface area contributed by atoms with E-state index in [-0.39, 0.29) is 5.56 Å². The molecule has 21 heavy (non-hydrogen) atoms. The summed E-state index contributed by atoms with van der Waals surface area (Å²) in [7, 11) is -3.98. The Hall–Kier alpha value is -1.71. The molecule has 0 radical (unpaired) electrons. The highest BCUT2D eigenvalue weighted by atomic mass is 32.2. The lowest BCUT2D eigenvalue weighted by molar-refractivity contribution is 0.0696. The molecule has 0 aliphatic rings. The Morgan fingerprint density at radius 2 is 2.14 bits per heavy atom. The standard InChI is InChI=1S/C12H14N2O5S2/c1-7-5-13-11(20-7)12(2,3)14-21(17,18)9-4-8(6-19-9)10(15)16/h4-6,14H,1-3H3,(H,15,16). The number of carboxylic acids is 1. The first-order valence-electron chi connectivity index (χ1n) is 5.90. The van der Waals surface area contributed by atoms with Gasteiger partial charge in [-0.2, -0.15) is 4.72 Å². The van der Waals surface area contributed by atoms with Crippen molar-refractivity contribution in [3.63, 3.8) is 0 Å². The molecule has 7 nitrogen and oxygen atoms in total. The van der Waals surface area contributed by atoms with Crippen LogP contribution in [0.15, 0.2) is 28.0 Å². The predicted molar refractivity (Wildman–Crippen MR) is 75.9 cm³/mol. The van der Waals surface area contributed by atoms with Crippen LogP contribution in [0.5, 0.6) is 0 Å². The molecule has 0 aliphatic heterocycles. The first kappa shape index (κ1) is 15.7. The molecule has 2 aromatic rings. The number of rotatable bonds is 5. The lowest BCUT2D eigenvalue weighted by atomic mass is 10.1. The monoisotopic (exact) mass is 330 g/mol. The molecule has 0 spiro atoms. The van der Waals surface area contributed by atoms with Crippen molar-refractivity contribution >= 4 is 27.3 Å². The van der Waals surface area contributed by atoms with E-state index >= 15 is 0 Å². The van der Waals surface area contributed by atoms with Gasteiger partial charge in [0.15, 0.2) is 0 Å². The van der Waals surface area contributed by atoms with Crippen molar-refractivity contribution < 1.29 is 22.7 Å². The van der Waals surface area contributed by atoms with Gasteiger partial charge in [-0.15, -0.1) is 11.3 Å². The number of carbonyl (C=O) groups is 1. The molecule has 0 aliphatic carbocycles. The van der Waals surface area contributed by atoms with Crippen molar-refractivity contribution in [2.75, 3.05) is 0 Å². The van der Waals surface area contributed by atoms with Crippen molar-refractivity contribution in [2.24, 2.45) is 0 Å². The van der Waals surface area contributed by atoms with Gasteiger partial charge in [-0.05, 0) is 20.8 Å². The highest BCUT2D eigenvalue weighted by Crippen LogP contribution is 2.27. The van der Waals surface area contributed by atoms with Gasteiger partial charge in [0.05, 0.1) is 11.1 Å². The zero-order chi connectivity index (χ0) is 15.8. The largest absolute Gasteiger partial charge is 0.478 e. The second-order valence-corrected chi connectivity index (χ2v) is 7.81. The Labute approximate surface area is 125 Å². The van der Waals surface area contributed by atoms with Gasteiger partial charge in [0, 0.05) is 17.1 Å². The van der Waals surface area contributed by atoms with Crippen LogP contribution in [0, 0.1) is 6.92 Å². The SMILES string of the molecule is Cc1cnc(C(C)(C)NS(=O)(=O)c2cc(C(=O)O)co2)s1. The average Bonchev–Trinajstić information content (AvgIpc) is 2.95. The summed E-state index contributed by atoms with van der Waals surface area (Å²) < 4.78 is 31.8. The molecule has 2 N–H and O–H groups in total. The van der Waals surface area contributed by atoms with E-state index in [2.05, 4.69) is 9.71 Å². The zero-order valence-corrected chi connectivity index (χ0v) is 13.2. The molecular weight excluding hydrogens is 316 g/mol. The molecule has 9 heteroatoms. The fourth-order valence-corrected chi connectivity index (χ4v) is 3.86. The number of hydrogen-bond donors (Lipinski definition) is 2. The van der Waals surface area contributed by atoms with Crippen LogP contribution >= 0.6 is 11.3 Å². The van der Waals surface area contributed by atoms with Gasteiger partial charge in [0.2, 0.25) is 5.09 Å². The number of aromatic nitrogens is 1. The quantitative estimate of drug-likeness (QED) is 0.867. The first-order valence-corrected chi connectivity index (χ1v) is 8.20. The third-order valence-electron chi connectivity index (χ3n) is 2.63. The average molecular weight is 330 g/mol. The van der Waals surface area contributed by atoms with E-state index in [0.717, 1.165) is 17.2 Å². The number of aromatic carboxylic acids is 1. The van der Waals surface area contributed by atoms with Crippen LogP contribution in [0.3, 0.4) is 0 Å². The second-order valence-electron chi connectivity index (χ2n) is 4.97. The van der Waals surface area contributed by atoms with E-state index in [1.165, 1.54) is 11.3 Å². The Morgan fingerprint density at radius 3 is 2.62 bits per heavy atom. The van der Waals surface area contributed by atoms with Crippen LogP contribution in [0.25, 0.3) is 0 Å². The van der Waals surface area contributed by atoms with Gasteiger partial charge in [0.1, 0.15) is 11.3 Å². The molecule has 114 valence electrons. The third kappa shape index (κ3) is 3.31. The molecular formula is C12H14N2O5S2. The summed E-state index contributed by atoms with van der Waals surface area (Å²) in [6.45, 7) is 5.21. The minimum Gasteiger partial charge on any atom is -0.478 e. The van der Waals surface area contributed by atoms with Crippen LogP contribution < -0.4 is 4.72 Å². The van der Waals surface area contributed by atoms with E-state index < -0.39 is 26.6 Å². The highest BCUT2D eigenvalue weighted by molar-refractivity contribution is 7.89. The van der Waals surface area contributed by atoms with Crippen LogP contribution in [0.4, 0.5) is 0 Å². The fraction of sp³-hybridized carbons (Fsp3) is 0.333. The summed E-state index contributed by atoms with van der Waals surface area (Å²) in [6.07, 6.45) is 2.54. The summed E-state index contributed by atoms with van der Waals surface area (Å²) in [4.78, 5) is 15.9. The zero-order valence-electron chi connectivity index (χ0n) is 11.6. The number of thiazole rings is 1. The maximum atomic E-state index is 12.2. The Balaban J connectivity index is 2.29. The number of aryl methyl sites for hydroxylation is 1. The normalized spacial score (nSPS) is 12.5. The molecule has 2 aromatic heterocycles. The maximum Gasteiger partial charge on any atom is 0.339 e. The summed E-state index contributed by atoms with van der Waals surface area (Å²) in [6, 6.07) is 0.966. The maximum absolute atomic E-state index is 12.2. The van der Waals surface area contributed by atoms with Crippen molar-refractivity contribution in [2.45, 2.75) is 31.4 Å². The number of furan rings is 1. The van der Waals surface area contributed by atoms with Gasteiger partial charge in [-0.3, -0.25) is 0 Å². The van der Waals surface area contributed by atoms with E-state index in [4.69, 9.17) is 9.52 Å². The lowest BCUT2D eigenvalue weighted by Gasteiger charge is -2.22. The highest BCUT2D eigenvalue weighted by Gasteiger charge is 2.32. The predicted octanol–water partition coefficient (Wildman–Crippen LogP) is 1.96. The number of hydrogen-bond acceptors (Lipinski definition) is 6. The summed E-state index contributed by atoms with van der Waals surface area (Å²) in [5, 5.41) is 8.96. The van der Waals surface area contributed by atoms with Crippen LogP contribution in [0.2, 0.25) is 0 Å². The van der Waals surface area contributed by atoms with Crippen LogP contribution in [0.1, 0.15) is 34.1 Å². The minimum absolute atomic E-state index is 0.224. The van der Waals surface area contributed by atoms with Crippen LogP contribution in [-0.2, 0) is 15.6 Å². The van der Waals surface area contributed by atoms with Crippen molar-refractivity contribution in [3.8, 4) is 0 Å². The molecule has 0 amide bonds. The van der Waals surface area contributed by atoms with Gasteiger partial charge in [-0.25, -0.2) is 18.2 Å². The molecule has 0 fully saturated rings. The topological polar surface area (TPSA) is 110 Å². The summed E-state index contributed by atoms with van der Waals surface area (Å²) in [5.74, 6) is -1.25. The molecule has 2 heterocycles. The Kier molecular flexibility index (Phi) is 3.91. The Bertz CT molecular complexity index is 773. The van der Waals surface area contributed by atoms with Gasteiger partial charge in [0.25, 0.3) is 10.0 Å². The molecule has 0 atom stereocenters. The lowest BCUT2D eigenvalue weighted by Crippen LogP contribution is -2.40. The smallest absolute Gasteiger partial charge is 0.339 e. The fourth-order valence-electron chi connectivity index (χ4n) is 1.64. The Morgan fingerprint density at radius 1 is 1.48 bits per heavy atom. The molecule has 0 saturated carbocycles. The summed E-state index contributed by atoms with van der Waals surface area (Å²) in [5.41, 5.74) is -1.16.